The van der Waals surface area contributed by atoms with E-state index >= 15 is 0 Å². The molecule has 0 saturated carbocycles. The van der Waals surface area contributed by atoms with Gasteiger partial charge < -0.3 is 15.4 Å². The molecule has 2 heterocycles. The summed E-state index contributed by atoms with van der Waals surface area (Å²) in [5.74, 6) is 7.05. The second-order valence-corrected chi connectivity index (χ2v) is 4.72. The fourth-order valence-electron chi connectivity index (χ4n) is 2.45. The van der Waals surface area contributed by atoms with E-state index in [9.17, 15) is 0 Å². The van der Waals surface area contributed by atoms with Gasteiger partial charge in [0.25, 0.3) is 0 Å². The number of nitrogens with one attached hydrogen (secondary N) is 1. The van der Waals surface area contributed by atoms with Gasteiger partial charge in [0, 0.05) is 31.7 Å². The number of aliphatic hydroxyl groups excluding tert-OH is 1. The zero-order valence-electron chi connectivity index (χ0n) is 11.3. The molecule has 0 radical (unpaired) electrons. The van der Waals surface area contributed by atoms with Crippen LogP contribution in [0.15, 0.2) is 6.33 Å². The van der Waals surface area contributed by atoms with Crippen LogP contribution in [-0.4, -0.2) is 59.3 Å². The number of aliphatic hydroxyl groups is 1. The fourth-order valence-corrected chi connectivity index (χ4v) is 2.45. The number of nitrogens with two attached hydrogens (primary N) is 1. The van der Waals surface area contributed by atoms with Crippen molar-refractivity contribution >= 4 is 11.6 Å². The Bertz CT molecular complexity index is 413. The summed E-state index contributed by atoms with van der Waals surface area (Å²) in [5.41, 5.74) is 3.57. The number of hydrogen-bond acceptors (Lipinski definition) is 7. The molecule has 4 N–H and O–H groups in total. The van der Waals surface area contributed by atoms with E-state index in [0.717, 1.165) is 50.5 Å². The van der Waals surface area contributed by atoms with Gasteiger partial charge in [0.1, 0.15) is 18.0 Å². The van der Waals surface area contributed by atoms with Crippen LogP contribution in [0.2, 0.25) is 0 Å². The Morgan fingerprint density at radius 3 is 2.89 bits per heavy atom. The van der Waals surface area contributed by atoms with E-state index in [1.165, 1.54) is 6.33 Å². The largest absolute Gasteiger partial charge is 0.395 e. The number of hydrazine groups is 1. The molecular weight excluding hydrogens is 244 g/mol. The standard InChI is InChI=1S/C12H22N6O/c1-10-11(16-13)14-9-15-12(10)18-4-2-3-17(5-6-18)7-8-19/h9,19H,2-8,13H2,1H3,(H,14,15,16). The van der Waals surface area contributed by atoms with Gasteiger partial charge in [-0.25, -0.2) is 15.8 Å². The minimum absolute atomic E-state index is 0.216. The number of hydrogen-bond donors (Lipinski definition) is 3. The number of anilines is 2. The van der Waals surface area contributed by atoms with Crippen molar-refractivity contribution in [2.45, 2.75) is 13.3 Å². The van der Waals surface area contributed by atoms with Gasteiger partial charge >= 0.3 is 0 Å². The van der Waals surface area contributed by atoms with Crippen molar-refractivity contribution in [3.05, 3.63) is 11.9 Å². The molecule has 0 unspecified atom stereocenters. The van der Waals surface area contributed by atoms with Gasteiger partial charge in [-0.2, -0.15) is 0 Å². The monoisotopic (exact) mass is 266 g/mol. The number of nitrogen functional groups attached to an aromatic ring is 1. The van der Waals surface area contributed by atoms with Gasteiger partial charge in [0.2, 0.25) is 0 Å². The predicted molar refractivity (Wildman–Crippen MR) is 74.9 cm³/mol. The molecule has 0 bridgehead atoms. The van der Waals surface area contributed by atoms with E-state index in [1.54, 1.807) is 0 Å². The molecule has 19 heavy (non-hydrogen) atoms. The molecule has 7 nitrogen and oxygen atoms in total. The number of rotatable bonds is 4. The Kier molecular flexibility index (Phi) is 4.89. The highest BCUT2D eigenvalue weighted by atomic mass is 16.3. The second kappa shape index (κ2) is 6.65. The van der Waals surface area contributed by atoms with Gasteiger partial charge in [-0.15, -0.1) is 0 Å². The Morgan fingerprint density at radius 1 is 1.32 bits per heavy atom. The quantitative estimate of drug-likeness (QED) is 0.503. The third-order valence-corrected chi connectivity index (χ3v) is 3.50. The zero-order chi connectivity index (χ0) is 13.7. The third-order valence-electron chi connectivity index (χ3n) is 3.50. The van der Waals surface area contributed by atoms with E-state index in [0.29, 0.717) is 5.82 Å². The summed E-state index contributed by atoms with van der Waals surface area (Å²) < 4.78 is 0. The van der Waals surface area contributed by atoms with Gasteiger partial charge in [0.05, 0.1) is 6.61 Å². The van der Waals surface area contributed by atoms with Crippen molar-refractivity contribution < 1.29 is 5.11 Å². The lowest BCUT2D eigenvalue weighted by Crippen LogP contribution is -2.33. The number of aromatic nitrogens is 2. The number of β-amino-alcohol motifs (C(OH)–C–C–N with tert-alkyl or cyclic N) is 1. The molecule has 1 aliphatic heterocycles. The molecular formula is C12H22N6O. The van der Waals surface area contributed by atoms with Crippen LogP contribution in [0.5, 0.6) is 0 Å². The smallest absolute Gasteiger partial charge is 0.148 e. The van der Waals surface area contributed by atoms with Crippen molar-refractivity contribution in [3.63, 3.8) is 0 Å². The number of nitrogens with zero attached hydrogens (tertiary/aromatic N) is 4. The Balaban J connectivity index is 2.10. The lowest BCUT2D eigenvalue weighted by molar-refractivity contribution is 0.204. The molecule has 106 valence electrons. The maximum atomic E-state index is 9.01. The summed E-state index contributed by atoms with van der Waals surface area (Å²) in [6, 6.07) is 0. The summed E-state index contributed by atoms with van der Waals surface area (Å²) in [4.78, 5) is 13.0. The molecule has 1 fully saturated rings. The van der Waals surface area contributed by atoms with E-state index in [2.05, 4.69) is 25.2 Å². The topological polar surface area (TPSA) is 90.5 Å². The van der Waals surface area contributed by atoms with Crippen LogP contribution in [-0.2, 0) is 0 Å². The van der Waals surface area contributed by atoms with E-state index in [1.807, 2.05) is 6.92 Å². The lowest BCUT2D eigenvalue weighted by Gasteiger charge is -2.24. The van der Waals surface area contributed by atoms with Crippen molar-refractivity contribution in [2.24, 2.45) is 5.84 Å². The van der Waals surface area contributed by atoms with Gasteiger partial charge in [-0.3, -0.25) is 4.90 Å². The first-order valence-electron chi connectivity index (χ1n) is 6.62. The highest BCUT2D eigenvalue weighted by Crippen LogP contribution is 2.22. The molecule has 1 saturated heterocycles. The molecule has 1 aromatic heterocycles. The molecule has 7 heteroatoms. The van der Waals surface area contributed by atoms with Crippen molar-refractivity contribution in [1.29, 1.82) is 0 Å². The highest BCUT2D eigenvalue weighted by molar-refractivity contribution is 5.57. The first-order chi connectivity index (χ1) is 9.26. The highest BCUT2D eigenvalue weighted by Gasteiger charge is 2.18. The van der Waals surface area contributed by atoms with Crippen molar-refractivity contribution in [1.82, 2.24) is 14.9 Å². The van der Waals surface area contributed by atoms with Crippen LogP contribution in [0, 0.1) is 6.92 Å². The summed E-state index contributed by atoms with van der Waals surface area (Å²) in [7, 11) is 0. The van der Waals surface area contributed by atoms with E-state index in [-0.39, 0.29) is 6.61 Å². The van der Waals surface area contributed by atoms with Crippen LogP contribution in [0.3, 0.4) is 0 Å². The van der Waals surface area contributed by atoms with E-state index in [4.69, 9.17) is 10.9 Å². The predicted octanol–water partition coefficient (Wildman–Crippen LogP) is -0.425. The van der Waals surface area contributed by atoms with Gasteiger partial charge in [0.15, 0.2) is 0 Å². The molecule has 0 aromatic carbocycles. The molecule has 1 aromatic rings. The maximum absolute atomic E-state index is 9.01. The normalized spacial score (nSPS) is 17.3. The maximum Gasteiger partial charge on any atom is 0.148 e. The van der Waals surface area contributed by atoms with Crippen LogP contribution >= 0.6 is 0 Å². The summed E-state index contributed by atoms with van der Waals surface area (Å²) >= 11 is 0. The third kappa shape index (κ3) is 3.31. The fraction of sp³-hybridized carbons (Fsp3) is 0.667. The second-order valence-electron chi connectivity index (χ2n) is 4.72. The molecule has 2 rings (SSSR count). The van der Waals surface area contributed by atoms with Gasteiger partial charge in [-0.1, -0.05) is 0 Å². The molecule has 0 aliphatic carbocycles. The molecule has 0 spiro atoms. The Hall–Kier alpha value is -1.44. The van der Waals surface area contributed by atoms with Crippen LogP contribution < -0.4 is 16.2 Å². The van der Waals surface area contributed by atoms with Crippen LogP contribution in [0.1, 0.15) is 12.0 Å². The molecule has 1 aliphatic rings. The Morgan fingerprint density at radius 2 is 2.16 bits per heavy atom. The average molecular weight is 266 g/mol. The lowest BCUT2D eigenvalue weighted by atomic mass is 10.2. The van der Waals surface area contributed by atoms with Crippen LogP contribution in [0.4, 0.5) is 11.6 Å². The van der Waals surface area contributed by atoms with Crippen LogP contribution in [0.25, 0.3) is 0 Å². The average Bonchev–Trinajstić information content (AvgIpc) is 2.65. The summed E-state index contributed by atoms with van der Waals surface area (Å²) in [6.07, 6.45) is 2.60. The first-order valence-corrected chi connectivity index (χ1v) is 6.62. The molecule has 0 amide bonds. The van der Waals surface area contributed by atoms with Gasteiger partial charge in [-0.05, 0) is 19.9 Å². The minimum atomic E-state index is 0.216. The van der Waals surface area contributed by atoms with Crippen molar-refractivity contribution in [2.75, 3.05) is 49.7 Å². The summed E-state index contributed by atoms with van der Waals surface area (Å²) in [6.45, 7) is 6.76. The Labute approximate surface area is 113 Å². The first kappa shape index (κ1) is 14.0. The summed E-state index contributed by atoms with van der Waals surface area (Å²) in [5, 5.41) is 9.01. The minimum Gasteiger partial charge on any atom is -0.395 e. The SMILES string of the molecule is Cc1c(NN)ncnc1N1CCCN(CCO)CC1. The van der Waals surface area contributed by atoms with Crippen molar-refractivity contribution in [3.8, 4) is 0 Å². The molecule has 0 atom stereocenters. The zero-order valence-corrected chi connectivity index (χ0v) is 11.3. The van der Waals surface area contributed by atoms with E-state index < -0.39 is 0 Å².